The maximum atomic E-state index is 14.2. The zero-order chi connectivity index (χ0) is 46.4. The van der Waals surface area contributed by atoms with E-state index >= 15 is 0 Å². The van der Waals surface area contributed by atoms with Crippen LogP contribution in [0, 0.1) is 0 Å². The Morgan fingerprint density at radius 3 is 1.36 bits per heavy atom. The molecule has 0 radical (unpaired) electrons. The normalized spacial score (nSPS) is 34.9. The third kappa shape index (κ3) is 6.50. The highest BCUT2D eigenvalue weighted by atomic mass is 16.7. The number of fused-ring (bicyclic) bond motifs is 12. The predicted molar refractivity (Wildman–Crippen MR) is 197 cm³/mol. The molecule has 5 N–H and O–H groups in total. The molecule has 346 valence electrons. The van der Waals surface area contributed by atoms with E-state index in [1.54, 1.807) is 0 Å². The Hall–Kier alpha value is -5.83. The Morgan fingerprint density at radius 1 is 0.562 bits per heavy atom. The summed E-state index contributed by atoms with van der Waals surface area (Å²) in [5.74, 6) is -9.44. The summed E-state index contributed by atoms with van der Waals surface area (Å²) in [6, 6.07) is 0. The molecule has 64 heavy (non-hydrogen) atoms. The summed E-state index contributed by atoms with van der Waals surface area (Å²) >= 11 is 0. The van der Waals surface area contributed by atoms with Crippen LogP contribution in [0.3, 0.4) is 0 Å². The van der Waals surface area contributed by atoms with Crippen molar-refractivity contribution in [3.63, 3.8) is 0 Å². The fourth-order valence-electron chi connectivity index (χ4n) is 9.93. The second kappa shape index (κ2) is 15.7. The maximum absolute atomic E-state index is 14.2. The monoisotopic (exact) mass is 905 g/mol. The van der Waals surface area contributed by atoms with Crippen molar-refractivity contribution in [1.82, 2.24) is 16.0 Å². The Kier molecular flexibility index (Phi) is 11.0. The molecule has 8 heterocycles. The smallest absolute Gasteiger partial charge is 0.337 e. The van der Waals surface area contributed by atoms with Gasteiger partial charge in [0.2, 0.25) is 11.8 Å². The van der Waals surface area contributed by atoms with Gasteiger partial charge in [0.05, 0.1) is 115 Å². The summed E-state index contributed by atoms with van der Waals surface area (Å²) < 4.78 is 58.6. The Morgan fingerprint density at radius 2 is 0.953 bits per heavy atom. The van der Waals surface area contributed by atoms with Gasteiger partial charge in [-0.3, -0.25) is 14.4 Å². The van der Waals surface area contributed by atoms with Crippen LogP contribution in [0.2, 0.25) is 0 Å². The second-order valence-corrected chi connectivity index (χ2v) is 16.1. The molecule has 11 unspecified atom stereocenters. The molecule has 0 aromatic rings. The molecule has 0 aromatic heterocycles. The second-order valence-electron chi connectivity index (χ2n) is 16.1. The number of epoxide rings is 2. The van der Waals surface area contributed by atoms with Gasteiger partial charge < -0.3 is 78.3 Å². The lowest BCUT2D eigenvalue weighted by Gasteiger charge is -2.32. The lowest BCUT2D eigenvalue weighted by atomic mass is 9.80. The summed E-state index contributed by atoms with van der Waals surface area (Å²) in [6.07, 6.45) is -10.5. The van der Waals surface area contributed by atoms with Crippen LogP contribution in [0.4, 0.5) is 0 Å². The van der Waals surface area contributed by atoms with Gasteiger partial charge in [-0.1, -0.05) is 0 Å². The fourth-order valence-corrected chi connectivity index (χ4v) is 9.93. The van der Waals surface area contributed by atoms with Crippen LogP contribution in [0.25, 0.3) is 0 Å². The number of amides is 3. The highest BCUT2D eigenvalue weighted by Crippen LogP contribution is 2.59. The number of hydrogen-bond donors (Lipinski definition) is 5. The third-order valence-corrected chi connectivity index (χ3v) is 12.8. The minimum Gasteiger partial charge on any atom is -0.466 e. The first-order chi connectivity index (χ1) is 30.4. The molecule has 5 saturated heterocycles. The molecule has 0 saturated carbocycles. The number of methoxy groups -OCH3 is 6. The van der Waals surface area contributed by atoms with Gasteiger partial charge in [-0.25, -0.2) is 28.8 Å². The van der Waals surface area contributed by atoms with Crippen molar-refractivity contribution in [3.05, 3.63) is 33.4 Å². The maximum Gasteiger partial charge on any atom is 0.337 e. The van der Waals surface area contributed by atoms with Gasteiger partial charge in [-0.15, -0.1) is 0 Å². The zero-order valence-electron chi connectivity index (χ0n) is 34.9. The highest BCUT2D eigenvalue weighted by Gasteiger charge is 2.77. The molecule has 0 aliphatic carbocycles. The number of rotatable bonds is 17. The largest absolute Gasteiger partial charge is 0.466 e. The number of esters is 6. The lowest BCUT2D eigenvalue weighted by Crippen LogP contribution is -2.57. The first kappa shape index (κ1) is 44.8. The van der Waals surface area contributed by atoms with Crippen LogP contribution in [0.1, 0.15) is 19.3 Å². The topological polar surface area (TPSA) is 338 Å². The molecule has 11 atom stereocenters. The van der Waals surface area contributed by atoms with E-state index in [9.17, 15) is 53.4 Å². The van der Waals surface area contributed by atoms with Crippen molar-refractivity contribution in [2.45, 2.75) is 90.5 Å². The average molecular weight is 906 g/mol. The molecule has 25 nitrogen and oxygen atoms in total. The van der Waals surface area contributed by atoms with Crippen LogP contribution in [0.5, 0.6) is 0 Å². The number of aliphatic hydroxyl groups excluding tert-OH is 1. The quantitative estimate of drug-likeness (QED) is 0.0516. The fraction of sp³-hybridized carbons (Fsp3) is 0.615. The Labute approximate surface area is 360 Å². The van der Waals surface area contributed by atoms with E-state index in [0.717, 1.165) is 42.7 Å². The van der Waals surface area contributed by atoms with Crippen LogP contribution >= 0.6 is 0 Å². The molecular weight excluding hydrogens is 862 g/mol. The summed E-state index contributed by atoms with van der Waals surface area (Å²) in [4.78, 5) is 119. The number of carbonyl (C=O) groups excluding carboxylic acids is 9. The molecule has 8 aliphatic rings. The van der Waals surface area contributed by atoms with Crippen molar-refractivity contribution >= 4 is 53.5 Å². The van der Waals surface area contributed by atoms with Gasteiger partial charge in [0.25, 0.3) is 5.91 Å². The van der Waals surface area contributed by atoms with Crippen LogP contribution in [0.15, 0.2) is 33.4 Å². The van der Waals surface area contributed by atoms with E-state index in [-0.39, 0.29) is 39.9 Å². The number of ether oxygens (including phenoxy) is 11. The van der Waals surface area contributed by atoms with E-state index in [4.69, 9.17) is 52.1 Å². The molecule has 5 fully saturated rings. The van der Waals surface area contributed by atoms with Crippen molar-refractivity contribution in [2.24, 2.45) is 0 Å². The van der Waals surface area contributed by atoms with E-state index in [1.165, 1.54) is 0 Å². The van der Waals surface area contributed by atoms with Gasteiger partial charge in [-0.05, 0) is 0 Å². The predicted octanol–water partition coefficient (Wildman–Crippen LogP) is -5.49. The third-order valence-electron chi connectivity index (χ3n) is 12.8. The lowest BCUT2D eigenvalue weighted by molar-refractivity contribution is -0.151. The van der Waals surface area contributed by atoms with E-state index < -0.39 is 157 Å². The van der Waals surface area contributed by atoms with Gasteiger partial charge in [-0.2, -0.15) is 0 Å². The molecule has 8 aliphatic heterocycles. The SMILES string of the molecule is COC(=O)C1=C(C(=O)OC)C2(CNC(=O)C(O)(CC(=O)NCC34OC(C(C(=O)OC)=C3C(=O)OC)C3OC34)CC(=O)NCC34OC(C(C(=O)OC)=C3C(=O)OC)C3OC34)CC(O)C1O2. The van der Waals surface area contributed by atoms with E-state index in [0.29, 0.717) is 0 Å². The summed E-state index contributed by atoms with van der Waals surface area (Å²) in [7, 11) is 6.34. The minimum absolute atomic E-state index is 0.176. The average Bonchev–Trinajstić information content (AvgIpc) is 4.06. The number of carbonyl (C=O) groups is 9. The summed E-state index contributed by atoms with van der Waals surface area (Å²) in [6.45, 7) is -1.85. The summed E-state index contributed by atoms with van der Waals surface area (Å²) in [5, 5.41) is 30.2. The number of aliphatic hydroxyl groups is 2. The first-order valence-corrected chi connectivity index (χ1v) is 19.7. The summed E-state index contributed by atoms with van der Waals surface area (Å²) in [5.41, 5.74) is -10.1. The van der Waals surface area contributed by atoms with Crippen molar-refractivity contribution in [2.75, 3.05) is 62.3 Å². The first-order valence-electron chi connectivity index (χ1n) is 19.7. The molecule has 0 spiro atoms. The van der Waals surface area contributed by atoms with Crippen LogP contribution in [-0.2, 0) is 95.3 Å². The molecule has 0 aromatic carbocycles. The van der Waals surface area contributed by atoms with Gasteiger partial charge >= 0.3 is 35.8 Å². The van der Waals surface area contributed by atoms with Crippen molar-refractivity contribution in [1.29, 1.82) is 0 Å². The van der Waals surface area contributed by atoms with E-state index in [2.05, 4.69) is 16.0 Å². The van der Waals surface area contributed by atoms with Crippen LogP contribution < -0.4 is 16.0 Å². The number of hydrogen-bond acceptors (Lipinski definition) is 22. The zero-order valence-corrected chi connectivity index (χ0v) is 34.9. The van der Waals surface area contributed by atoms with Gasteiger partial charge in [0.1, 0.15) is 59.5 Å². The molecule has 6 bridgehead atoms. The molecule has 3 amide bonds. The van der Waals surface area contributed by atoms with Crippen LogP contribution in [-0.4, -0.2) is 197 Å². The standard InChI is InChI=1S/C39H43N3O22/c1-54-29(46)16-19(32(49)57-4)37(7-13(43)22(16)62-37)10-42-35(52)36(53,8-14(44)40-11-38-20(33(50)58-5)17(30(47)55-2)23(63-38)25-27(38)60-25)9-15(45)41-12-39-21(34(51)59-6)18(31(48)56-3)24(64-39)26-28(39)61-26/h13,22-28,43,53H,7-12H2,1-6H3,(H,40,44)(H,41,45)(H,42,52). The van der Waals surface area contributed by atoms with Gasteiger partial charge in [0, 0.05) is 6.42 Å². The molecule has 25 heteroatoms. The Balaban J connectivity index is 1.05. The highest BCUT2D eigenvalue weighted by molar-refractivity contribution is 6.07. The van der Waals surface area contributed by atoms with Crippen molar-refractivity contribution < 1.29 is 105 Å². The Bertz CT molecular complexity index is 2160. The van der Waals surface area contributed by atoms with E-state index in [1.807, 2.05) is 0 Å². The number of nitrogens with one attached hydrogen (secondary N) is 3. The molecule has 8 rings (SSSR count). The van der Waals surface area contributed by atoms with Crippen molar-refractivity contribution in [3.8, 4) is 0 Å². The minimum atomic E-state index is -2.98. The van der Waals surface area contributed by atoms with Gasteiger partial charge in [0.15, 0.2) is 5.60 Å². The molecular formula is C39H43N3O22.